The van der Waals surface area contributed by atoms with E-state index in [1.54, 1.807) is 7.11 Å². The van der Waals surface area contributed by atoms with Crippen LogP contribution in [0.5, 0.6) is 5.75 Å². The van der Waals surface area contributed by atoms with Crippen molar-refractivity contribution < 1.29 is 14.6 Å². The van der Waals surface area contributed by atoms with Crippen LogP contribution in [-0.2, 0) is 4.74 Å². The molecule has 18 heavy (non-hydrogen) atoms. The number of aliphatic hydroxyl groups is 1. The second kappa shape index (κ2) is 6.76. The lowest BCUT2D eigenvalue weighted by molar-refractivity contribution is 0.0266. The van der Waals surface area contributed by atoms with Crippen LogP contribution in [0.1, 0.15) is 37.4 Å². The molecule has 0 saturated heterocycles. The van der Waals surface area contributed by atoms with E-state index in [1.165, 1.54) is 19.3 Å². The minimum atomic E-state index is -0.544. The van der Waals surface area contributed by atoms with Gasteiger partial charge in [-0.15, -0.1) is 0 Å². The third-order valence-corrected chi connectivity index (χ3v) is 3.67. The van der Waals surface area contributed by atoms with Crippen LogP contribution < -0.4 is 4.74 Å². The van der Waals surface area contributed by atoms with Crippen molar-refractivity contribution in [2.24, 2.45) is 5.92 Å². The second-order valence-corrected chi connectivity index (χ2v) is 4.95. The number of methoxy groups -OCH3 is 1. The lowest BCUT2D eigenvalue weighted by atomic mass is 9.83. The van der Waals surface area contributed by atoms with E-state index in [4.69, 9.17) is 9.47 Å². The lowest BCUT2D eigenvalue weighted by Gasteiger charge is -2.25. The van der Waals surface area contributed by atoms with Crippen LogP contribution in [-0.4, -0.2) is 25.4 Å². The largest absolute Gasteiger partial charge is 0.497 e. The highest BCUT2D eigenvalue weighted by atomic mass is 16.5. The number of hydrogen-bond donors (Lipinski definition) is 1. The number of benzene rings is 1. The van der Waals surface area contributed by atoms with E-state index in [1.807, 2.05) is 24.3 Å². The van der Waals surface area contributed by atoms with Crippen molar-refractivity contribution in [2.75, 3.05) is 20.3 Å². The highest BCUT2D eigenvalue weighted by Crippen LogP contribution is 2.29. The van der Waals surface area contributed by atoms with Crippen molar-refractivity contribution in [1.29, 1.82) is 0 Å². The molecule has 1 aromatic carbocycles. The van der Waals surface area contributed by atoms with Gasteiger partial charge in [0.2, 0.25) is 0 Å². The van der Waals surface area contributed by atoms with Gasteiger partial charge in [-0.05, 0) is 30.0 Å². The topological polar surface area (TPSA) is 38.7 Å². The molecule has 3 heteroatoms. The fourth-order valence-corrected chi connectivity index (χ4v) is 2.15. The molecule has 1 aliphatic rings. The maximum atomic E-state index is 9.95. The molecular weight excluding hydrogens is 228 g/mol. The van der Waals surface area contributed by atoms with Gasteiger partial charge in [-0.3, -0.25) is 0 Å². The molecule has 0 heterocycles. The highest BCUT2D eigenvalue weighted by molar-refractivity contribution is 5.28. The van der Waals surface area contributed by atoms with E-state index in [0.717, 1.165) is 30.3 Å². The van der Waals surface area contributed by atoms with Crippen molar-refractivity contribution in [1.82, 2.24) is 0 Å². The molecular formula is C15H22O3. The molecule has 1 atom stereocenters. The number of ether oxygens (including phenoxy) is 2. The van der Waals surface area contributed by atoms with E-state index in [-0.39, 0.29) is 0 Å². The monoisotopic (exact) mass is 250 g/mol. The Balaban J connectivity index is 1.67. The summed E-state index contributed by atoms with van der Waals surface area (Å²) in [4.78, 5) is 0. The first-order valence-corrected chi connectivity index (χ1v) is 6.69. The Kier molecular flexibility index (Phi) is 5.02. The quantitative estimate of drug-likeness (QED) is 0.756. The molecule has 0 aliphatic heterocycles. The van der Waals surface area contributed by atoms with Gasteiger partial charge < -0.3 is 14.6 Å². The molecule has 1 unspecified atom stereocenters. The lowest BCUT2D eigenvalue weighted by Crippen LogP contribution is -2.15. The Bertz CT molecular complexity index is 343. The average Bonchev–Trinajstić information content (AvgIpc) is 2.36. The van der Waals surface area contributed by atoms with Gasteiger partial charge in [0.15, 0.2) is 0 Å². The first-order valence-electron chi connectivity index (χ1n) is 6.69. The van der Waals surface area contributed by atoms with E-state index in [9.17, 15) is 5.11 Å². The van der Waals surface area contributed by atoms with Gasteiger partial charge >= 0.3 is 0 Å². The summed E-state index contributed by atoms with van der Waals surface area (Å²) < 4.78 is 10.6. The molecule has 2 rings (SSSR count). The molecule has 0 bridgehead atoms. The molecule has 1 aromatic rings. The van der Waals surface area contributed by atoms with Gasteiger partial charge in [0.25, 0.3) is 0 Å². The Morgan fingerprint density at radius 1 is 1.28 bits per heavy atom. The fraction of sp³-hybridized carbons (Fsp3) is 0.600. The van der Waals surface area contributed by atoms with Crippen LogP contribution in [0.3, 0.4) is 0 Å². The number of aliphatic hydroxyl groups excluding tert-OH is 1. The van der Waals surface area contributed by atoms with Crippen molar-refractivity contribution >= 4 is 0 Å². The fourth-order valence-electron chi connectivity index (χ4n) is 2.15. The van der Waals surface area contributed by atoms with Crippen LogP contribution in [0, 0.1) is 5.92 Å². The van der Waals surface area contributed by atoms with Gasteiger partial charge in [-0.25, -0.2) is 0 Å². The molecule has 0 aromatic heterocycles. The number of rotatable bonds is 7. The third kappa shape index (κ3) is 3.72. The summed E-state index contributed by atoms with van der Waals surface area (Å²) in [7, 11) is 1.63. The summed E-state index contributed by atoms with van der Waals surface area (Å²) >= 11 is 0. The van der Waals surface area contributed by atoms with Crippen molar-refractivity contribution in [3.05, 3.63) is 29.8 Å². The molecule has 1 fully saturated rings. The van der Waals surface area contributed by atoms with Crippen molar-refractivity contribution in [3.63, 3.8) is 0 Å². The van der Waals surface area contributed by atoms with Gasteiger partial charge in [-0.1, -0.05) is 31.4 Å². The Hall–Kier alpha value is -1.06. The molecule has 1 aliphatic carbocycles. The van der Waals surface area contributed by atoms with E-state index >= 15 is 0 Å². The van der Waals surface area contributed by atoms with E-state index < -0.39 is 6.10 Å². The second-order valence-electron chi connectivity index (χ2n) is 4.95. The summed E-state index contributed by atoms with van der Waals surface area (Å²) in [6.45, 7) is 1.14. The van der Waals surface area contributed by atoms with E-state index in [2.05, 4.69) is 0 Å². The van der Waals surface area contributed by atoms with Crippen LogP contribution in [0.2, 0.25) is 0 Å². The number of hydrogen-bond acceptors (Lipinski definition) is 3. The maximum absolute atomic E-state index is 9.95. The van der Waals surface area contributed by atoms with Crippen LogP contribution >= 0.6 is 0 Å². The van der Waals surface area contributed by atoms with Gasteiger partial charge in [0.1, 0.15) is 11.9 Å². The average molecular weight is 250 g/mol. The third-order valence-electron chi connectivity index (χ3n) is 3.67. The Labute approximate surface area is 109 Å². The molecule has 3 nitrogen and oxygen atoms in total. The summed E-state index contributed by atoms with van der Waals surface area (Å²) in [5, 5.41) is 9.95. The standard InChI is InChI=1S/C15H22O3/c1-17-14-7-5-13(6-8-14)15(16)11-18-10-9-12-3-2-4-12/h5-8,12,15-16H,2-4,9-11H2,1H3. The van der Waals surface area contributed by atoms with Crippen LogP contribution in [0.15, 0.2) is 24.3 Å². The molecule has 0 spiro atoms. The zero-order valence-corrected chi connectivity index (χ0v) is 11.0. The van der Waals surface area contributed by atoms with Gasteiger partial charge in [0, 0.05) is 6.61 Å². The van der Waals surface area contributed by atoms with E-state index in [0.29, 0.717) is 6.61 Å². The van der Waals surface area contributed by atoms with Crippen molar-refractivity contribution in [2.45, 2.75) is 31.8 Å². The minimum absolute atomic E-state index is 0.374. The maximum Gasteiger partial charge on any atom is 0.118 e. The molecule has 0 amide bonds. The molecule has 0 radical (unpaired) electrons. The first-order chi connectivity index (χ1) is 8.79. The van der Waals surface area contributed by atoms with Crippen molar-refractivity contribution in [3.8, 4) is 5.75 Å². The summed E-state index contributed by atoms with van der Waals surface area (Å²) in [5.74, 6) is 1.67. The SMILES string of the molecule is COc1ccc(C(O)COCCC2CCC2)cc1. The molecule has 1 saturated carbocycles. The highest BCUT2D eigenvalue weighted by Gasteiger charge is 2.17. The predicted octanol–water partition coefficient (Wildman–Crippen LogP) is 2.94. The molecule has 100 valence electrons. The molecule has 1 N–H and O–H groups in total. The van der Waals surface area contributed by atoms with Gasteiger partial charge in [0.05, 0.1) is 13.7 Å². The first kappa shape index (κ1) is 13.4. The Morgan fingerprint density at radius 2 is 2.00 bits per heavy atom. The summed E-state index contributed by atoms with van der Waals surface area (Å²) in [6, 6.07) is 7.46. The normalized spacial score (nSPS) is 17.2. The van der Waals surface area contributed by atoms with Crippen LogP contribution in [0.4, 0.5) is 0 Å². The summed E-state index contributed by atoms with van der Waals surface area (Å²) in [5.41, 5.74) is 0.874. The summed E-state index contributed by atoms with van der Waals surface area (Å²) in [6.07, 6.45) is 4.67. The minimum Gasteiger partial charge on any atom is -0.497 e. The zero-order valence-electron chi connectivity index (χ0n) is 11.0. The Morgan fingerprint density at radius 3 is 2.56 bits per heavy atom. The predicted molar refractivity (Wildman–Crippen MR) is 70.7 cm³/mol. The zero-order chi connectivity index (χ0) is 12.8. The van der Waals surface area contributed by atoms with Crippen LogP contribution in [0.25, 0.3) is 0 Å². The smallest absolute Gasteiger partial charge is 0.118 e. The van der Waals surface area contributed by atoms with Gasteiger partial charge in [-0.2, -0.15) is 0 Å².